The van der Waals surface area contributed by atoms with Gasteiger partial charge < -0.3 is 10.4 Å². The molecular weight excluding hydrogens is 374 g/mol. The van der Waals surface area contributed by atoms with E-state index in [1.165, 1.54) is 44.9 Å². The van der Waals surface area contributed by atoms with Gasteiger partial charge in [-0.25, -0.2) is 4.79 Å². The van der Waals surface area contributed by atoms with Gasteiger partial charge in [-0.1, -0.05) is 107 Å². The van der Waals surface area contributed by atoms with E-state index in [1.54, 1.807) is 0 Å². The number of benzene rings is 2. The van der Waals surface area contributed by atoms with Gasteiger partial charge in [-0.05, 0) is 22.8 Å². The van der Waals surface area contributed by atoms with E-state index >= 15 is 0 Å². The molecule has 0 saturated carbocycles. The molecule has 164 valence electrons. The molecule has 2 rings (SSSR count). The van der Waals surface area contributed by atoms with E-state index in [9.17, 15) is 14.7 Å². The molecule has 2 aromatic carbocycles. The predicted octanol–water partition coefficient (Wildman–Crippen LogP) is 6.26. The quantitative estimate of drug-likeness (QED) is 0.340. The Morgan fingerprint density at radius 3 is 2.10 bits per heavy atom. The second-order valence-electron chi connectivity index (χ2n) is 8.23. The van der Waals surface area contributed by atoms with Crippen LogP contribution in [0.2, 0.25) is 0 Å². The topological polar surface area (TPSA) is 66.4 Å². The molecule has 0 spiro atoms. The fraction of sp³-hybridized carbons (Fsp3) is 0.538. The van der Waals surface area contributed by atoms with Crippen molar-refractivity contribution >= 4 is 22.6 Å². The minimum Gasteiger partial charge on any atom is -0.480 e. The van der Waals surface area contributed by atoms with Gasteiger partial charge in [0.15, 0.2) is 0 Å². The van der Waals surface area contributed by atoms with Gasteiger partial charge in [0.2, 0.25) is 5.91 Å². The Labute approximate surface area is 181 Å². The number of carboxylic acid groups (broad SMARTS) is 1. The molecule has 0 bridgehead atoms. The Morgan fingerprint density at radius 2 is 1.43 bits per heavy atom. The van der Waals surface area contributed by atoms with Gasteiger partial charge in [-0.3, -0.25) is 4.79 Å². The molecule has 0 heterocycles. The molecule has 0 aliphatic carbocycles. The maximum absolute atomic E-state index is 12.3. The van der Waals surface area contributed by atoms with E-state index in [-0.39, 0.29) is 5.91 Å². The molecule has 1 unspecified atom stereocenters. The van der Waals surface area contributed by atoms with Crippen LogP contribution < -0.4 is 5.32 Å². The first-order valence-electron chi connectivity index (χ1n) is 11.6. The van der Waals surface area contributed by atoms with Crippen LogP contribution in [0.1, 0.15) is 83.1 Å². The smallest absolute Gasteiger partial charge is 0.326 e. The molecule has 0 aromatic heterocycles. The highest BCUT2D eigenvalue weighted by atomic mass is 16.4. The first kappa shape index (κ1) is 23.9. The van der Waals surface area contributed by atoms with Gasteiger partial charge in [-0.2, -0.15) is 0 Å². The van der Waals surface area contributed by atoms with Crippen LogP contribution in [0.3, 0.4) is 0 Å². The van der Waals surface area contributed by atoms with Crippen LogP contribution in [0.25, 0.3) is 10.8 Å². The lowest BCUT2D eigenvalue weighted by Crippen LogP contribution is -2.42. The Kier molecular flexibility index (Phi) is 11.0. The molecule has 4 heteroatoms. The first-order valence-corrected chi connectivity index (χ1v) is 11.6. The molecule has 1 amide bonds. The van der Waals surface area contributed by atoms with E-state index in [0.717, 1.165) is 35.6 Å². The Hall–Kier alpha value is -2.36. The predicted molar refractivity (Wildman–Crippen MR) is 124 cm³/mol. The van der Waals surface area contributed by atoms with Crippen LogP contribution in [0.15, 0.2) is 42.5 Å². The maximum atomic E-state index is 12.3. The van der Waals surface area contributed by atoms with Crippen LogP contribution in [0.4, 0.5) is 0 Å². The third-order valence-corrected chi connectivity index (χ3v) is 5.69. The molecule has 1 atom stereocenters. The Bertz CT molecular complexity index is 781. The molecule has 2 N–H and O–H groups in total. The molecule has 0 saturated heterocycles. The zero-order chi connectivity index (χ0) is 21.6. The van der Waals surface area contributed by atoms with Gasteiger partial charge in [-0.15, -0.1) is 0 Å². The molecule has 4 nitrogen and oxygen atoms in total. The van der Waals surface area contributed by atoms with Crippen molar-refractivity contribution in [1.29, 1.82) is 0 Å². The SMILES string of the molecule is CCCCCCCCCCCCC(=O)NC(Cc1cccc2ccccc12)C(=O)O. The molecule has 0 radical (unpaired) electrons. The van der Waals surface area contributed by atoms with E-state index in [2.05, 4.69) is 12.2 Å². The largest absolute Gasteiger partial charge is 0.480 e. The summed E-state index contributed by atoms with van der Waals surface area (Å²) in [6, 6.07) is 12.9. The number of nitrogens with one attached hydrogen (secondary N) is 1. The summed E-state index contributed by atoms with van der Waals surface area (Å²) in [6.45, 7) is 2.23. The summed E-state index contributed by atoms with van der Waals surface area (Å²) in [4.78, 5) is 24.0. The minimum absolute atomic E-state index is 0.165. The average molecular weight is 412 g/mol. The number of carboxylic acids is 1. The van der Waals surface area contributed by atoms with Crippen molar-refractivity contribution in [3.8, 4) is 0 Å². The molecule has 0 aliphatic rings. The number of amides is 1. The van der Waals surface area contributed by atoms with Crippen LogP contribution in [0.5, 0.6) is 0 Å². The Balaban J connectivity index is 1.70. The van der Waals surface area contributed by atoms with Gasteiger partial charge in [0.1, 0.15) is 6.04 Å². The van der Waals surface area contributed by atoms with Crippen molar-refractivity contribution in [1.82, 2.24) is 5.32 Å². The fourth-order valence-corrected chi connectivity index (χ4v) is 3.93. The van der Waals surface area contributed by atoms with Gasteiger partial charge in [0.05, 0.1) is 0 Å². The number of unbranched alkanes of at least 4 members (excludes halogenated alkanes) is 9. The average Bonchev–Trinajstić information content (AvgIpc) is 2.74. The highest BCUT2D eigenvalue weighted by Gasteiger charge is 2.21. The van der Waals surface area contributed by atoms with Crippen molar-refractivity contribution in [2.75, 3.05) is 0 Å². The standard InChI is InChI=1S/C26H37NO3/c1-2-3-4-5-6-7-8-9-10-11-19-25(28)27-24(26(29)30)20-22-17-14-16-21-15-12-13-18-23(21)22/h12-18,24H,2-11,19-20H2,1H3,(H,27,28)(H,29,30). The highest BCUT2D eigenvalue weighted by molar-refractivity contribution is 5.88. The minimum atomic E-state index is -0.987. The van der Waals surface area contributed by atoms with Crippen molar-refractivity contribution in [2.24, 2.45) is 0 Å². The van der Waals surface area contributed by atoms with E-state index in [1.807, 2.05) is 42.5 Å². The lowest BCUT2D eigenvalue weighted by molar-refractivity contribution is -0.141. The van der Waals surface area contributed by atoms with Crippen LogP contribution >= 0.6 is 0 Å². The lowest BCUT2D eigenvalue weighted by atomic mass is 9.98. The Morgan fingerprint density at radius 1 is 0.833 bits per heavy atom. The van der Waals surface area contributed by atoms with Crippen molar-refractivity contribution < 1.29 is 14.7 Å². The normalized spacial score (nSPS) is 12.0. The molecule has 0 fully saturated rings. The van der Waals surface area contributed by atoms with Crippen LogP contribution in [-0.4, -0.2) is 23.0 Å². The summed E-state index contributed by atoms with van der Waals surface area (Å²) >= 11 is 0. The van der Waals surface area contributed by atoms with Gasteiger partial charge >= 0.3 is 5.97 Å². The molecular formula is C26H37NO3. The molecule has 0 aliphatic heterocycles. The molecule has 2 aromatic rings. The van der Waals surface area contributed by atoms with E-state index < -0.39 is 12.0 Å². The first-order chi connectivity index (χ1) is 14.6. The second-order valence-corrected chi connectivity index (χ2v) is 8.23. The van der Waals surface area contributed by atoms with E-state index in [0.29, 0.717) is 12.8 Å². The van der Waals surface area contributed by atoms with Crippen molar-refractivity contribution in [2.45, 2.75) is 90.0 Å². The fourth-order valence-electron chi connectivity index (χ4n) is 3.93. The van der Waals surface area contributed by atoms with Crippen LogP contribution in [0, 0.1) is 0 Å². The van der Waals surface area contributed by atoms with Gasteiger partial charge in [0.25, 0.3) is 0 Å². The number of aliphatic carboxylic acids is 1. The molecule has 30 heavy (non-hydrogen) atoms. The second kappa shape index (κ2) is 13.8. The number of carbonyl (C=O) groups is 2. The summed E-state index contributed by atoms with van der Waals surface area (Å²) in [7, 11) is 0. The zero-order valence-corrected chi connectivity index (χ0v) is 18.4. The summed E-state index contributed by atoms with van der Waals surface area (Å²) in [6.07, 6.45) is 12.8. The monoisotopic (exact) mass is 411 g/mol. The summed E-state index contributed by atoms with van der Waals surface area (Å²) in [5.41, 5.74) is 0.944. The summed E-state index contributed by atoms with van der Waals surface area (Å²) < 4.78 is 0. The van der Waals surface area contributed by atoms with Crippen molar-refractivity contribution in [3.05, 3.63) is 48.0 Å². The summed E-state index contributed by atoms with van der Waals surface area (Å²) in [5, 5.41) is 14.4. The van der Waals surface area contributed by atoms with Crippen molar-refractivity contribution in [3.63, 3.8) is 0 Å². The number of rotatable bonds is 15. The third kappa shape index (κ3) is 8.56. The zero-order valence-electron chi connectivity index (χ0n) is 18.4. The summed E-state index contributed by atoms with van der Waals surface area (Å²) in [5.74, 6) is -1.15. The maximum Gasteiger partial charge on any atom is 0.326 e. The van der Waals surface area contributed by atoms with Gasteiger partial charge in [0, 0.05) is 12.8 Å². The van der Waals surface area contributed by atoms with Crippen LogP contribution in [-0.2, 0) is 16.0 Å². The third-order valence-electron chi connectivity index (χ3n) is 5.69. The number of fused-ring (bicyclic) bond motifs is 1. The lowest BCUT2D eigenvalue weighted by Gasteiger charge is -2.16. The highest BCUT2D eigenvalue weighted by Crippen LogP contribution is 2.20. The number of carbonyl (C=O) groups excluding carboxylic acids is 1. The van der Waals surface area contributed by atoms with E-state index in [4.69, 9.17) is 0 Å². The number of hydrogen-bond acceptors (Lipinski definition) is 2. The number of hydrogen-bond donors (Lipinski definition) is 2.